The summed E-state index contributed by atoms with van der Waals surface area (Å²) in [5, 5.41) is 12.2. The summed E-state index contributed by atoms with van der Waals surface area (Å²) in [6, 6.07) is 14.3. The van der Waals surface area contributed by atoms with Crippen LogP contribution >= 0.6 is 0 Å². The number of aliphatic carboxylic acids is 1. The second kappa shape index (κ2) is 9.59. The SMILES string of the molecule is Cn1c(Nc2ccc(-c3ccc(C(=O)[C@H]4CCC[C@@H]4C(=O)O)cc3)cc2F)nc2cc(C(F)(F)F)ccc21. The number of carboxylic acids is 1. The molecular weight excluding hydrogens is 502 g/mol. The number of hydrogen-bond acceptors (Lipinski definition) is 4. The summed E-state index contributed by atoms with van der Waals surface area (Å²) in [6.07, 6.45) is -2.75. The second-order valence-corrected chi connectivity index (χ2v) is 9.44. The Balaban J connectivity index is 1.34. The van der Waals surface area contributed by atoms with Crippen LogP contribution in [0.2, 0.25) is 0 Å². The molecule has 6 nitrogen and oxygen atoms in total. The first-order chi connectivity index (χ1) is 18.0. The van der Waals surface area contributed by atoms with Gasteiger partial charge in [-0.25, -0.2) is 9.37 Å². The van der Waals surface area contributed by atoms with E-state index < -0.39 is 35.4 Å². The molecule has 38 heavy (non-hydrogen) atoms. The normalized spacial score (nSPS) is 17.6. The van der Waals surface area contributed by atoms with E-state index in [1.54, 1.807) is 37.4 Å². The van der Waals surface area contributed by atoms with E-state index in [4.69, 9.17) is 0 Å². The fraction of sp³-hybridized carbons (Fsp3) is 0.250. The number of alkyl halides is 3. The molecule has 1 fully saturated rings. The zero-order valence-electron chi connectivity index (χ0n) is 20.2. The second-order valence-electron chi connectivity index (χ2n) is 9.44. The minimum Gasteiger partial charge on any atom is -0.481 e. The van der Waals surface area contributed by atoms with Gasteiger partial charge < -0.3 is 15.0 Å². The lowest BCUT2D eigenvalue weighted by Crippen LogP contribution is -2.25. The van der Waals surface area contributed by atoms with Crippen LogP contribution in [-0.4, -0.2) is 26.4 Å². The predicted molar refractivity (Wildman–Crippen MR) is 134 cm³/mol. The van der Waals surface area contributed by atoms with Gasteiger partial charge >= 0.3 is 12.1 Å². The van der Waals surface area contributed by atoms with Crippen molar-refractivity contribution < 1.29 is 32.3 Å². The standard InChI is InChI=1S/C28H23F4N3O3/c1-35-24-12-10-18(28(30,31)32)14-23(24)34-27(35)33-22-11-9-17(13-21(22)29)15-5-7-16(8-6-15)25(36)19-3-2-4-20(19)26(37)38/h5-14,19-20H,2-4H2,1H3,(H,33,34)(H,37,38)/t19-,20-/m0/s1. The van der Waals surface area contributed by atoms with E-state index in [-0.39, 0.29) is 22.9 Å². The molecule has 1 aliphatic carbocycles. The molecule has 1 aliphatic rings. The Labute approximate surface area is 214 Å². The lowest BCUT2D eigenvalue weighted by molar-refractivity contribution is -0.142. The number of nitrogens with one attached hydrogen (secondary N) is 1. The van der Waals surface area contributed by atoms with Crippen molar-refractivity contribution >= 4 is 34.4 Å². The van der Waals surface area contributed by atoms with Gasteiger partial charge in [-0.05, 0) is 54.3 Å². The summed E-state index contributed by atoms with van der Waals surface area (Å²) < 4.78 is 55.7. The topological polar surface area (TPSA) is 84.2 Å². The monoisotopic (exact) mass is 525 g/mol. The van der Waals surface area contributed by atoms with Crippen LogP contribution in [0.5, 0.6) is 0 Å². The molecule has 0 aliphatic heterocycles. The number of ketones is 1. The zero-order valence-corrected chi connectivity index (χ0v) is 20.2. The van der Waals surface area contributed by atoms with Gasteiger partial charge in [0.05, 0.1) is 28.2 Å². The van der Waals surface area contributed by atoms with Crippen molar-refractivity contribution in [3.05, 3.63) is 77.6 Å². The maximum absolute atomic E-state index is 15.0. The van der Waals surface area contributed by atoms with Crippen LogP contribution < -0.4 is 5.32 Å². The third kappa shape index (κ3) is 4.73. The van der Waals surface area contributed by atoms with Gasteiger partial charge in [0, 0.05) is 18.5 Å². The largest absolute Gasteiger partial charge is 0.481 e. The van der Waals surface area contributed by atoms with Crippen LogP contribution in [0.25, 0.3) is 22.2 Å². The van der Waals surface area contributed by atoms with Crippen molar-refractivity contribution in [1.82, 2.24) is 9.55 Å². The summed E-state index contributed by atoms with van der Waals surface area (Å²) >= 11 is 0. The highest BCUT2D eigenvalue weighted by Crippen LogP contribution is 2.36. The number of aryl methyl sites for hydroxylation is 1. The number of carboxylic acid groups (broad SMARTS) is 1. The van der Waals surface area contributed by atoms with Gasteiger partial charge in [0.25, 0.3) is 0 Å². The maximum Gasteiger partial charge on any atom is 0.416 e. The number of carbonyl (C=O) groups excluding carboxylic acids is 1. The summed E-state index contributed by atoms with van der Waals surface area (Å²) in [5.74, 6) is -2.77. The number of carbonyl (C=O) groups is 2. The van der Waals surface area contributed by atoms with Crippen molar-refractivity contribution in [3.63, 3.8) is 0 Å². The molecule has 1 aromatic heterocycles. The van der Waals surface area contributed by atoms with E-state index >= 15 is 4.39 Å². The van der Waals surface area contributed by atoms with E-state index in [9.17, 15) is 27.9 Å². The number of rotatable bonds is 6. The minimum absolute atomic E-state index is 0.0935. The Morgan fingerprint density at radius 1 is 0.974 bits per heavy atom. The molecule has 2 atom stereocenters. The molecule has 196 valence electrons. The molecule has 3 aromatic carbocycles. The highest BCUT2D eigenvalue weighted by Gasteiger charge is 2.38. The molecule has 10 heteroatoms. The van der Waals surface area contributed by atoms with Crippen LogP contribution in [0.3, 0.4) is 0 Å². The van der Waals surface area contributed by atoms with Gasteiger partial charge in [-0.3, -0.25) is 9.59 Å². The summed E-state index contributed by atoms with van der Waals surface area (Å²) in [5.41, 5.74) is 1.50. The fourth-order valence-corrected chi connectivity index (χ4v) is 5.01. The van der Waals surface area contributed by atoms with E-state index in [2.05, 4.69) is 10.3 Å². The molecule has 5 rings (SSSR count). The summed E-state index contributed by atoms with van der Waals surface area (Å²) in [7, 11) is 1.62. The lowest BCUT2D eigenvalue weighted by Gasteiger charge is -2.15. The molecule has 0 bridgehead atoms. The molecule has 0 unspecified atom stereocenters. The van der Waals surface area contributed by atoms with Gasteiger partial charge in [-0.1, -0.05) is 36.8 Å². The Morgan fingerprint density at radius 3 is 2.32 bits per heavy atom. The quantitative estimate of drug-likeness (QED) is 0.213. The average Bonchev–Trinajstić information content (AvgIpc) is 3.49. The van der Waals surface area contributed by atoms with E-state index in [0.29, 0.717) is 41.5 Å². The Morgan fingerprint density at radius 2 is 1.66 bits per heavy atom. The molecule has 0 radical (unpaired) electrons. The lowest BCUT2D eigenvalue weighted by atomic mass is 9.88. The van der Waals surface area contributed by atoms with Crippen LogP contribution in [-0.2, 0) is 18.0 Å². The summed E-state index contributed by atoms with van der Waals surface area (Å²) in [4.78, 5) is 28.5. The van der Waals surface area contributed by atoms with E-state index in [1.807, 2.05) is 0 Å². The van der Waals surface area contributed by atoms with Crippen LogP contribution in [0, 0.1) is 17.7 Å². The molecule has 2 N–H and O–H groups in total. The highest BCUT2D eigenvalue weighted by atomic mass is 19.4. The van der Waals surface area contributed by atoms with Crippen molar-refractivity contribution in [2.45, 2.75) is 25.4 Å². The first kappa shape index (κ1) is 25.4. The number of Topliss-reactive ketones (excluding diaryl/α,β-unsaturated/α-hetero) is 1. The number of benzene rings is 3. The molecule has 0 saturated heterocycles. The first-order valence-electron chi connectivity index (χ1n) is 12.0. The number of anilines is 2. The Bertz CT molecular complexity index is 1540. The van der Waals surface area contributed by atoms with Crippen LogP contribution in [0.15, 0.2) is 60.7 Å². The molecular formula is C28H23F4N3O3. The smallest absolute Gasteiger partial charge is 0.416 e. The molecule has 4 aromatic rings. The van der Waals surface area contributed by atoms with Crippen molar-refractivity contribution in [2.24, 2.45) is 18.9 Å². The summed E-state index contributed by atoms with van der Waals surface area (Å²) in [6.45, 7) is 0. The highest BCUT2D eigenvalue weighted by molar-refractivity contribution is 6.00. The third-order valence-electron chi connectivity index (χ3n) is 7.10. The van der Waals surface area contributed by atoms with Gasteiger partial charge in [0.15, 0.2) is 5.78 Å². The maximum atomic E-state index is 15.0. The first-order valence-corrected chi connectivity index (χ1v) is 12.0. The Hall–Kier alpha value is -4.21. The minimum atomic E-state index is -4.50. The van der Waals surface area contributed by atoms with E-state index in [0.717, 1.165) is 12.1 Å². The number of nitrogens with zero attached hydrogens (tertiary/aromatic N) is 2. The number of hydrogen-bond donors (Lipinski definition) is 2. The van der Waals surface area contributed by atoms with Gasteiger partial charge in [-0.2, -0.15) is 13.2 Å². The molecule has 1 saturated carbocycles. The Kier molecular flexibility index (Phi) is 6.42. The van der Waals surface area contributed by atoms with Gasteiger partial charge in [-0.15, -0.1) is 0 Å². The zero-order chi connectivity index (χ0) is 27.2. The number of fused-ring (bicyclic) bond motifs is 1. The third-order valence-corrected chi connectivity index (χ3v) is 7.10. The van der Waals surface area contributed by atoms with Crippen molar-refractivity contribution in [1.29, 1.82) is 0 Å². The van der Waals surface area contributed by atoms with Crippen molar-refractivity contribution in [3.8, 4) is 11.1 Å². The molecule has 0 spiro atoms. The number of imidazole rings is 1. The number of aromatic nitrogens is 2. The van der Waals surface area contributed by atoms with Gasteiger partial charge in [0.1, 0.15) is 5.82 Å². The van der Waals surface area contributed by atoms with Gasteiger partial charge in [0.2, 0.25) is 5.95 Å². The van der Waals surface area contributed by atoms with Crippen molar-refractivity contribution in [2.75, 3.05) is 5.32 Å². The average molecular weight is 526 g/mol. The van der Waals surface area contributed by atoms with Crippen LogP contribution in [0.1, 0.15) is 35.2 Å². The van der Waals surface area contributed by atoms with Crippen LogP contribution in [0.4, 0.5) is 29.2 Å². The molecule has 1 heterocycles. The molecule has 0 amide bonds. The number of halogens is 4. The van der Waals surface area contributed by atoms with E-state index in [1.165, 1.54) is 22.8 Å². The fourth-order valence-electron chi connectivity index (χ4n) is 5.01. The predicted octanol–water partition coefficient (Wildman–Crippen LogP) is 6.83.